The van der Waals surface area contributed by atoms with Gasteiger partial charge in [-0.05, 0) is 36.4 Å². The van der Waals surface area contributed by atoms with Crippen LogP contribution < -0.4 is 0 Å². The Kier molecular flexibility index (Phi) is 3.88. The van der Waals surface area contributed by atoms with E-state index >= 15 is 0 Å². The van der Waals surface area contributed by atoms with E-state index in [1.165, 1.54) is 36.4 Å². The molecule has 96 valence electrons. The lowest BCUT2D eigenvalue weighted by atomic mass is 10.1. The molecule has 2 aromatic rings. The molecule has 0 fully saturated rings. The molecule has 0 aromatic heterocycles. The van der Waals surface area contributed by atoms with Crippen LogP contribution in [0, 0.1) is 0 Å². The van der Waals surface area contributed by atoms with E-state index in [0.29, 0.717) is 10.6 Å². The monoisotopic (exact) mass is 274 g/mol. The van der Waals surface area contributed by atoms with Crippen molar-refractivity contribution >= 4 is 23.5 Å². The molecule has 2 rings (SSSR count). The van der Waals surface area contributed by atoms with Crippen LogP contribution in [0.25, 0.3) is 6.08 Å². The lowest BCUT2D eigenvalue weighted by Gasteiger charge is -2.01. The van der Waals surface area contributed by atoms with Crippen LogP contribution in [0.5, 0.6) is 11.5 Å². The van der Waals surface area contributed by atoms with Crippen molar-refractivity contribution < 1.29 is 15.0 Å². The van der Waals surface area contributed by atoms with E-state index in [1.807, 2.05) is 0 Å². The molecule has 0 radical (unpaired) electrons. The number of phenols is 2. The molecule has 4 heteroatoms. The third kappa shape index (κ3) is 3.14. The molecule has 0 bridgehead atoms. The number of hydrogen-bond donors (Lipinski definition) is 2. The number of benzene rings is 2. The van der Waals surface area contributed by atoms with E-state index in [0.717, 1.165) is 0 Å². The molecule has 2 aromatic carbocycles. The zero-order valence-corrected chi connectivity index (χ0v) is 10.6. The van der Waals surface area contributed by atoms with Crippen LogP contribution >= 0.6 is 11.6 Å². The van der Waals surface area contributed by atoms with E-state index in [9.17, 15) is 15.0 Å². The molecule has 0 aliphatic heterocycles. The SMILES string of the molecule is O=C(/C=C/c1ccccc1O)c1cc(Cl)ccc1O. The number of para-hydroxylation sites is 1. The van der Waals surface area contributed by atoms with Crippen LogP contribution in [-0.4, -0.2) is 16.0 Å². The fourth-order valence-corrected chi connectivity index (χ4v) is 1.76. The van der Waals surface area contributed by atoms with Gasteiger partial charge in [-0.3, -0.25) is 4.79 Å². The Hall–Kier alpha value is -2.26. The number of carbonyl (C=O) groups excluding carboxylic acids is 1. The molecule has 2 N–H and O–H groups in total. The third-order valence-corrected chi connectivity index (χ3v) is 2.81. The molecular weight excluding hydrogens is 264 g/mol. The molecule has 0 spiro atoms. The fourth-order valence-electron chi connectivity index (χ4n) is 1.59. The number of hydrogen-bond acceptors (Lipinski definition) is 3. The highest BCUT2D eigenvalue weighted by Gasteiger charge is 2.08. The average Bonchev–Trinajstić information content (AvgIpc) is 2.40. The highest BCUT2D eigenvalue weighted by atomic mass is 35.5. The Balaban J connectivity index is 2.26. The van der Waals surface area contributed by atoms with Gasteiger partial charge in [0, 0.05) is 10.6 Å². The summed E-state index contributed by atoms with van der Waals surface area (Å²) in [5.41, 5.74) is 0.650. The van der Waals surface area contributed by atoms with Crippen LogP contribution in [-0.2, 0) is 0 Å². The highest BCUT2D eigenvalue weighted by molar-refractivity contribution is 6.31. The predicted molar refractivity (Wildman–Crippen MR) is 74.6 cm³/mol. The number of phenolic OH excluding ortho intramolecular Hbond substituents is 2. The van der Waals surface area contributed by atoms with Crippen LogP contribution in [0.4, 0.5) is 0 Å². The van der Waals surface area contributed by atoms with Gasteiger partial charge in [-0.25, -0.2) is 0 Å². The lowest BCUT2D eigenvalue weighted by molar-refractivity contribution is 0.104. The molecule has 0 saturated carbocycles. The van der Waals surface area contributed by atoms with Crippen LogP contribution in [0.15, 0.2) is 48.5 Å². The van der Waals surface area contributed by atoms with Crippen molar-refractivity contribution in [2.45, 2.75) is 0 Å². The summed E-state index contributed by atoms with van der Waals surface area (Å²) in [6, 6.07) is 10.9. The van der Waals surface area contributed by atoms with Crippen molar-refractivity contribution in [1.82, 2.24) is 0 Å². The molecular formula is C15H11ClO3. The summed E-state index contributed by atoms with van der Waals surface area (Å²) in [7, 11) is 0. The minimum Gasteiger partial charge on any atom is -0.507 e. The Morgan fingerprint density at radius 3 is 2.53 bits per heavy atom. The minimum absolute atomic E-state index is 0.0851. The maximum absolute atomic E-state index is 11.9. The second kappa shape index (κ2) is 5.59. The largest absolute Gasteiger partial charge is 0.507 e. The number of allylic oxidation sites excluding steroid dienone is 1. The zero-order chi connectivity index (χ0) is 13.8. The van der Waals surface area contributed by atoms with E-state index in [2.05, 4.69) is 0 Å². The van der Waals surface area contributed by atoms with Crippen molar-refractivity contribution in [3.05, 3.63) is 64.7 Å². The summed E-state index contributed by atoms with van der Waals surface area (Å²) in [5, 5.41) is 19.5. The van der Waals surface area contributed by atoms with Crippen molar-refractivity contribution in [2.75, 3.05) is 0 Å². The van der Waals surface area contributed by atoms with Gasteiger partial charge < -0.3 is 10.2 Å². The first-order chi connectivity index (χ1) is 9.08. The number of halogens is 1. The van der Waals surface area contributed by atoms with Gasteiger partial charge in [-0.15, -0.1) is 0 Å². The molecule has 0 unspecified atom stereocenters. The van der Waals surface area contributed by atoms with Crippen molar-refractivity contribution in [3.63, 3.8) is 0 Å². The van der Waals surface area contributed by atoms with Crippen LogP contribution in [0.2, 0.25) is 5.02 Å². The Bertz CT molecular complexity index is 648. The van der Waals surface area contributed by atoms with Crippen molar-refractivity contribution in [1.29, 1.82) is 0 Å². The average molecular weight is 275 g/mol. The lowest BCUT2D eigenvalue weighted by Crippen LogP contribution is -1.94. The number of aromatic hydroxyl groups is 2. The molecule has 0 atom stereocenters. The fraction of sp³-hybridized carbons (Fsp3) is 0. The van der Waals surface area contributed by atoms with E-state index in [-0.39, 0.29) is 22.8 Å². The van der Waals surface area contributed by atoms with Crippen molar-refractivity contribution in [3.8, 4) is 11.5 Å². The molecule has 0 heterocycles. The summed E-state index contributed by atoms with van der Waals surface area (Å²) in [6.45, 7) is 0. The Morgan fingerprint density at radius 1 is 1.05 bits per heavy atom. The van der Waals surface area contributed by atoms with Crippen molar-refractivity contribution in [2.24, 2.45) is 0 Å². The topological polar surface area (TPSA) is 57.5 Å². The number of ketones is 1. The minimum atomic E-state index is -0.386. The van der Waals surface area contributed by atoms with Gasteiger partial charge in [0.25, 0.3) is 0 Å². The quantitative estimate of drug-likeness (QED) is 0.663. The van der Waals surface area contributed by atoms with Crippen LogP contribution in [0.1, 0.15) is 15.9 Å². The van der Waals surface area contributed by atoms with Gasteiger partial charge in [0.15, 0.2) is 5.78 Å². The molecule has 3 nitrogen and oxygen atoms in total. The predicted octanol–water partition coefficient (Wildman–Crippen LogP) is 3.65. The van der Waals surface area contributed by atoms with E-state index in [4.69, 9.17) is 11.6 Å². The second-order valence-electron chi connectivity index (χ2n) is 3.92. The maximum atomic E-state index is 11.9. The Morgan fingerprint density at radius 2 is 1.79 bits per heavy atom. The highest BCUT2D eigenvalue weighted by Crippen LogP contribution is 2.23. The van der Waals surface area contributed by atoms with Gasteiger partial charge in [-0.2, -0.15) is 0 Å². The number of rotatable bonds is 3. The van der Waals surface area contributed by atoms with Crippen LogP contribution in [0.3, 0.4) is 0 Å². The first-order valence-electron chi connectivity index (χ1n) is 5.57. The first kappa shape index (κ1) is 13.2. The second-order valence-corrected chi connectivity index (χ2v) is 4.35. The van der Waals surface area contributed by atoms with Gasteiger partial charge in [0.05, 0.1) is 5.56 Å². The van der Waals surface area contributed by atoms with Gasteiger partial charge >= 0.3 is 0 Å². The normalized spacial score (nSPS) is 10.8. The van der Waals surface area contributed by atoms with E-state index < -0.39 is 0 Å². The first-order valence-corrected chi connectivity index (χ1v) is 5.94. The molecule has 0 amide bonds. The Labute approximate surface area is 115 Å². The summed E-state index contributed by atoms with van der Waals surface area (Å²) in [5.74, 6) is -0.429. The van der Waals surface area contributed by atoms with E-state index in [1.54, 1.807) is 18.2 Å². The maximum Gasteiger partial charge on any atom is 0.189 e. The summed E-state index contributed by atoms with van der Waals surface area (Å²) < 4.78 is 0. The standard InChI is InChI=1S/C15H11ClO3/c16-11-6-8-15(19)12(9-11)14(18)7-5-10-3-1-2-4-13(10)17/h1-9,17,19H/b7-5+. The smallest absolute Gasteiger partial charge is 0.189 e. The number of carbonyl (C=O) groups is 1. The van der Waals surface area contributed by atoms with Gasteiger partial charge in [0.1, 0.15) is 11.5 Å². The summed E-state index contributed by atoms with van der Waals surface area (Å²) in [6.07, 6.45) is 2.76. The van der Waals surface area contributed by atoms with Gasteiger partial charge in [-0.1, -0.05) is 29.8 Å². The molecule has 0 aliphatic carbocycles. The molecule has 0 saturated heterocycles. The summed E-state index contributed by atoms with van der Waals surface area (Å²) >= 11 is 5.78. The van der Waals surface area contributed by atoms with Gasteiger partial charge in [0.2, 0.25) is 0 Å². The molecule has 0 aliphatic rings. The molecule has 19 heavy (non-hydrogen) atoms. The summed E-state index contributed by atoms with van der Waals surface area (Å²) in [4.78, 5) is 11.9. The third-order valence-electron chi connectivity index (χ3n) is 2.58. The zero-order valence-electron chi connectivity index (χ0n) is 9.88.